The number of nitriles is 1. The van der Waals surface area contributed by atoms with Crippen LogP contribution in [0.15, 0.2) is 42.6 Å². The highest BCUT2D eigenvalue weighted by Gasteiger charge is 2.32. The van der Waals surface area contributed by atoms with Crippen molar-refractivity contribution in [2.45, 2.75) is 45.1 Å². The fourth-order valence-electron chi connectivity index (χ4n) is 4.10. The second-order valence-corrected chi connectivity index (χ2v) is 9.75. The minimum atomic E-state index is -0.414. The van der Waals surface area contributed by atoms with Crippen molar-refractivity contribution in [3.8, 4) is 17.9 Å². The number of carbonyl (C=O) groups is 2. The van der Waals surface area contributed by atoms with E-state index in [1.807, 2.05) is 25.1 Å². The highest BCUT2D eigenvalue weighted by molar-refractivity contribution is 5.93. The Bertz CT molecular complexity index is 1270. The molecule has 2 aromatic rings. The van der Waals surface area contributed by atoms with Crippen LogP contribution in [-0.4, -0.2) is 77.9 Å². The van der Waals surface area contributed by atoms with Gasteiger partial charge in [-0.3, -0.25) is 9.59 Å². The van der Waals surface area contributed by atoms with E-state index in [-0.39, 0.29) is 11.8 Å². The van der Waals surface area contributed by atoms with E-state index in [4.69, 9.17) is 5.26 Å². The van der Waals surface area contributed by atoms with Crippen LogP contribution in [0.25, 0.3) is 0 Å². The van der Waals surface area contributed by atoms with Gasteiger partial charge >= 0.3 is 0 Å². The number of likely N-dealkylation sites (N-methyl/N-ethyl adjacent to an activating group) is 1. The van der Waals surface area contributed by atoms with Gasteiger partial charge in [-0.15, -0.1) is 0 Å². The Morgan fingerprint density at radius 1 is 1.23 bits per heavy atom. The van der Waals surface area contributed by atoms with Crippen molar-refractivity contribution in [3.63, 3.8) is 0 Å². The predicted molar refractivity (Wildman–Crippen MR) is 157 cm³/mol. The van der Waals surface area contributed by atoms with Gasteiger partial charge in [0.25, 0.3) is 0 Å². The summed E-state index contributed by atoms with van der Waals surface area (Å²) in [7, 11) is 3.88. The summed E-state index contributed by atoms with van der Waals surface area (Å²) < 4.78 is 0. The standard InChI is InChI=1S/C30H38N8O2/c1-4-17-32-28-24(22-34-30(36-28)35-25-15-13-23(21-31)14-16-25)10-6-5-7-18-33-29(40)26-11-8-20-38(26)27(39)12-9-19-37(2)3/h9,12-16,22,26H,4-5,7-8,11,17-20H2,1-3H3,(H,33,40)(H2,32,34,35,36)/b12-9+. The number of anilines is 3. The maximum absolute atomic E-state index is 12.7. The van der Waals surface area contributed by atoms with Gasteiger partial charge in [-0.05, 0) is 64.0 Å². The predicted octanol–water partition coefficient (Wildman–Crippen LogP) is 3.27. The number of carbonyl (C=O) groups excluding carboxylic acids is 2. The zero-order valence-electron chi connectivity index (χ0n) is 23.5. The molecule has 210 valence electrons. The summed E-state index contributed by atoms with van der Waals surface area (Å²) in [6.45, 7) is 4.60. The highest BCUT2D eigenvalue weighted by Crippen LogP contribution is 2.19. The number of benzene rings is 1. The molecular formula is C30H38N8O2. The molecule has 0 bridgehead atoms. The van der Waals surface area contributed by atoms with Gasteiger partial charge in [0.2, 0.25) is 17.8 Å². The molecule has 1 unspecified atom stereocenters. The first-order valence-electron chi connectivity index (χ1n) is 13.7. The summed E-state index contributed by atoms with van der Waals surface area (Å²) in [6.07, 6.45) is 8.80. The molecule has 1 aliphatic rings. The Labute approximate surface area is 236 Å². The van der Waals surface area contributed by atoms with Crippen LogP contribution in [-0.2, 0) is 9.59 Å². The van der Waals surface area contributed by atoms with E-state index in [1.165, 1.54) is 0 Å². The van der Waals surface area contributed by atoms with Crippen LogP contribution >= 0.6 is 0 Å². The lowest BCUT2D eigenvalue weighted by Gasteiger charge is -2.22. The molecule has 10 heteroatoms. The molecule has 3 N–H and O–H groups in total. The number of hydrogen-bond acceptors (Lipinski definition) is 8. The van der Waals surface area contributed by atoms with Crippen LogP contribution in [0.5, 0.6) is 0 Å². The van der Waals surface area contributed by atoms with Crippen molar-refractivity contribution in [3.05, 3.63) is 53.7 Å². The average Bonchev–Trinajstić information content (AvgIpc) is 3.45. The molecule has 10 nitrogen and oxygen atoms in total. The molecule has 1 atom stereocenters. The fourth-order valence-corrected chi connectivity index (χ4v) is 4.10. The molecule has 1 aromatic heterocycles. The third-order valence-electron chi connectivity index (χ3n) is 6.17. The van der Waals surface area contributed by atoms with Crippen molar-refractivity contribution in [1.82, 2.24) is 25.1 Å². The van der Waals surface area contributed by atoms with Gasteiger partial charge in [0.15, 0.2) is 0 Å². The molecule has 0 saturated carbocycles. The zero-order valence-corrected chi connectivity index (χ0v) is 23.5. The Morgan fingerprint density at radius 2 is 2.02 bits per heavy atom. The molecule has 1 aliphatic heterocycles. The Morgan fingerprint density at radius 3 is 2.75 bits per heavy atom. The van der Waals surface area contributed by atoms with Crippen molar-refractivity contribution < 1.29 is 9.59 Å². The molecule has 1 aromatic carbocycles. The topological polar surface area (TPSA) is 126 Å². The second kappa shape index (κ2) is 15.9. The number of hydrogen-bond donors (Lipinski definition) is 3. The van der Waals surface area contributed by atoms with Crippen molar-refractivity contribution in [1.29, 1.82) is 5.26 Å². The normalized spacial score (nSPS) is 14.5. The number of likely N-dealkylation sites (tertiary alicyclic amines) is 1. The van der Waals surface area contributed by atoms with E-state index in [1.54, 1.807) is 41.4 Å². The largest absolute Gasteiger partial charge is 0.369 e. The first-order chi connectivity index (χ1) is 19.4. The Kier molecular flexibility index (Phi) is 12.0. The number of rotatable bonds is 12. The van der Waals surface area contributed by atoms with Gasteiger partial charge < -0.3 is 25.8 Å². The lowest BCUT2D eigenvalue weighted by atomic mass is 10.2. The number of nitrogens with zero attached hydrogens (tertiary/aromatic N) is 5. The smallest absolute Gasteiger partial charge is 0.246 e. The maximum atomic E-state index is 12.7. The molecule has 2 amide bonds. The average molecular weight is 543 g/mol. The number of unbranched alkanes of at least 4 members (excludes halogenated alkanes) is 1. The monoisotopic (exact) mass is 542 g/mol. The molecule has 40 heavy (non-hydrogen) atoms. The SMILES string of the molecule is CCCNc1nc(Nc2ccc(C#N)cc2)ncc1C#CCCCNC(=O)C1CCCN1C(=O)/C=C/CN(C)C. The number of amides is 2. The van der Waals surface area contributed by atoms with Crippen LogP contribution in [0.1, 0.15) is 50.2 Å². The van der Waals surface area contributed by atoms with Crippen LogP contribution in [0.3, 0.4) is 0 Å². The van der Waals surface area contributed by atoms with Crippen molar-refractivity contribution >= 4 is 29.3 Å². The Hall–Kier alpha value is -4.41. The summed E-state index contributed by atoms with van der Waals surface area (Å²) in [5.41, 5.74) is 2.07. The molecule has 0 aliphatic carbocycles. The summed E-state index contributed by atoms with van der Waals surface area (Å²) in [4.78, 5) is 37.8. The van der Waals surface area contributed by atoms with Gasteiger partial charge in [0.05, 0.1) is 23.4 Å². The number of aromatic nitrogens is 2. The van der Waals surface area contributed by atoms with Gasteiger partial charge in [-0.25, -0.2) is 4.98 Å². The van der Waals surface area contributed by atoms with E-state index < -0.39 is 6.04 Å². The molecular weight excluding hydrogens is 504 g/mol. The molecule has 0 radical (unpaired) electrons. The van der Waals surface area contributed by atoms with Crippen molar-refractivity contribution in [2.75, 3.05) is 50.9 Å². The lowest BCUT2D eigenvalue weighted by molar-refractivity contribution is -0.135. The summed E-state index contributed by atoms with van der Waals surface area (Å²) >= 11 is 0. The molecule has 2 heterocycles. The van der Waals surface area contributed by atoms with Gasteiger partial charge in [0, 0.05) is 44.4 Å². The first kappa shape index (κ1) is 30.1. The number of nitrogens with one attached hydrogen (secondary N) is 3. The van der Waals surface area contributed by atoms with E-state index in [2.05, 4.69) is 50.8 Å². The summed E-state index contributed by atoms with van der Waals surface area (Å²) in [6, 6.07) is 8.76. The van der Waals surface area contributed by atoms with Crippen LogP contribution < -0.4 is 16.0 Å². The van der Waals surface area contributed by atoms with Crippen LogP contribution in [0.4, 0.5) is 17.5 Å². The highest BCUT2D eigenvalue weighted by atomic mass is 16.2. The third kappa shape index (κ3) is 9.40. The molecule has 1 fully saturated rings. The van der Waals surface area contributed by atoms with E-state index in [9.17, 15) is 9.59 Å². The summed E-state index contributed by atoms with van der Waals surface area (Å²) in [5, 5.41) is 18.4. The fraction of sp³-hybridized carbons (Fsp3) is 0.433. The van der Waals surface area contributed by atoms with Crippen LogP contribution in [0.2, 0.25) is 0 Å². The first-order valence-corrected chi connectivity index (χ1v) is 13.7. The van der Waals surface area contributed by atoms with E-state index in [0.29, 0.717) is 61.8 Å². The van der Waals surface area contributed by atoms with Gasteiger partial charge in [-0.1, -0.05) is 24.8 Å². The minimum Gasteiger partial charge on any atom is -0.369 e. The van der Waals surface area contributed by atoms with Gasteiger partial charge in [0.1, 0.15) is 11.9 Å². The second-order valence-electron chi connectivity index (χ2n) is 9.75. The van der Waals surface area contributed by atoms with Crippen LogP contribution in [0, 0.1) is 23.2 Å². The zero-order chi connectivity index (χ0) is 28.7. The lowest BCUT2D eigenvalue weighted by Crippen LogP contribution is -2.45. The molecule has 0 spiro atoms. The maximum Gasteiger partial charge on any atom is 0.246 e. The molecule has 1 saturated heterocycles. The quantitative estimate of drug-likeness (QED) is 0.212. The minimum absolute atomic E-state index is 0.107. The Balaban J connectivity index is 1.50. The van der Waals surface area contributed by atoms with E-state index in [0.717, 1.165) is 25.1 Å². The molecule has 3 rings (SSSR count). The van der Waals surface area contributed by atoms with Crippen molar-refractivity contribution in [2.24, 2.45) is 0 Å². The van der Waals surface area contributed by atoms with E-state index >= 15 is 0 Å². The van der Waals surface area contributed by atoms with Gasteiger partial charge in [-0.2, -0.15) is 10.2 Å². The third-order valence-corrected chi connectivity index (χ3v) is 6.17. The summed E-state index contributed by atoms with van der Waals surface area (Å²) in [5.74, 6) is 7.16.